The number of rotatable bonds is 3. The van der Waals surface area contributed by atoms with E-state index in [9.17, 15) is 5.11 Å². The molecule has 0 aliphatic carbocycles. The maximum Gasteiger partial charge on any atom is 0.0687 e. The van der Waals surface area contributed by atoms with E-state index in [1.54, 1.807) is 0 Å². The van der Waals surface area contributed by atoms with Gasteiger partial charge in [0, 0.05) is 5.92 Å². The standard InChI is InChI=1S/C17H26O2/c1-12-6-8-13(9-7-12)10-15(18)14-11-16(2,3)19-17(14,4)5/h6-9,14-15,18H,10-11H2,1-5H3. The lowest BCUT2D eigenvalue weighted by molar-refractivity contribution is -0.0873. The van der Waals surface area contributed by atoms with Gasteiger partial charge in [-0.25, -0.2) is 0 Å². The van der Waals surface area contributed by atoms with Crippen LogP contribution in [0.15, 0.2) is 24.3 Å². The molecule has 2 heteroatoms. The molecule has 2 nitrogen and oxygen atoms in total. The van der Waals surface area contributed by atoms with E-state index < -0.39 is 0 Å². The maximum atomic E-state index is 10.6. The minimum Gasteiger partial charge on any atom is -0.392 e. The maximum absolute atomic E-state index is 10.6. The van der Waals surface area contributed by atoms with Crippen LogP contribution < -0.4 is 0 Å². The van der Waals surface area contributed by atoms with Gasteiger partial charge < -0.3 is 9.84 Å². The third-order valence-electron chi connectivity index (χ3n) is 4.17. The third-order valence-corrected chi connectivity index (χ3v) is 4.17. The first kappa shape index (κ1) is 14.5. The van der Waals surface area contributed by atoms with E-state index >= 15 is 0 Å². The van der Waals surface area contributed by atoms with Crippen molar-refractivity contribution in [3.05, 3.63) is 35.4 Å². The van der Waals surface area contributed by atoms with Crippen molar-refractivity contribution in [2.45, 2.75) is 64.8 Å². The van der Waals surface area contributed by atoms with Crippen molar-refractivity contribution in [2.24, 2.45) is 5.92 Å². The fraction of sp³-hybridized carbons (Fsp3) is 0.647. The zero-order valence-corrected chi connectivity index (χ0v) is 12.7. The first-order valence-electron chi connectivity index (χ1n) is 7.13. The van der Waals surface area contributed by atoms with Gasteiger partial charge in [-0.3, -0.25) is 0 Å². The second-order valence-electron chi connectivity index (χ2n) is 7.03. The van der Waals surface area contributed by atoms with Gasteiger partial charge >= 0.3 is 0 Å². The van der Waals surface area contributed by atoms with E-state index in [-0.39, 0.29) is 23.2 Å². The molecule has 1 heterocycles. The lowest BCUT2D eigenvalue weighted by atomic mass is 9.81. The molecule has 0 radical (unpaired) electrons. The Morgan fingerprint density at radius 3 is 2.26 bits per heavy atom. The predicted molar refractivity (Wildman–Crippen MR) is 78.2 cm³/mol. The number of aryl methyl sites for hydroxylation is 1. The van der Waals surface area contributed by atoms with E-state index in [1.807, 2.05) is 0 Å². The largest absolute Gasteiger partial charge is 0.392 e. The van der Waals surface area contributed by atoms with Gasteiger partial charge in [0.25, 0.3) is 0 Å². The highest BCUT2D eigenvalue weighted by Crippen LogP contribution is 2.44. The quantitative estimate of drug-likeness (QED) is 0.903. The lowest BCUT2D eigenvalue weighted by Crippen LogP contribution is -2.37. The predicted octanol–water partition coefficient (Wildman–Crippen LogP) is 3.49. The molecule has 0 saturated carbocycles. The smallest absolute Gasteiger partial charge is 0.0687 e. The number of aliphatic hydroxyl groups excluding tert-OH is 1. The summed E-state index contributed by atoms with van der Waals surface area (Å²) in [7, 11) is 0. The molecule has 0 aromatic heterocycles. The minimum absolute atomic E-state index is 0.136. The van der Waals surface area contributed by atoms with Crippen molar-refractivity contribution in [2.75, 3.05) is 0 Å². The molecule has 19 heavy (non-hydrogen) atoms. The molecule has 2 rings (SSSR count). The molecule has 2 unspecified atom stereocenters. The fourth-order valence-corrected chi connectivity index (χ4v) is 3.31. The van der Waals surface area contributed by atoms with E-state index in [0.29, 0.717) is 6.42 Å². The summed E-state index contributed by atoms with van der Waals surface area (Å²) >= 11 is 0. The first-order valence-corrected chi connectivity index (χ1v) is 7.13. The van der Waals surface area contributed by atoms with E-state index in [2.05, 4.69) is 58.9 Å². The molecule has 1 aliphatic heterocycles. The molecular formula is C17H26O2. The number of ether oxygens (including phenoxy) is 1. The van der Waals surface area contributed by atoms with Crippen LogP contribution in [0.1, 0.15) is 45.2 Å². The summed E-state index contributed by atoms with van der Waals surface area (Å²) in [6, 6.07) is 8.41. The first-order chi connectivity index (χ1) is 8.70. The van der Waals surface area contributed by atoms with Crippen LogP contribution in [0.5, 0.6) is 0 Å². The van der Waals surface area contributed by atoms with Gasteiger partial charge in [0.15, 0.2) is 0 Å². The number of hydrogen-bond donors (Lipinski definition) is 1. The summed E-state index contributed by atoms with van der Waals surface area (Å²) in [5.41, 5.74) is 2.05. The van der Waals surface area contributed by atoms with E-state index in [0.717, 1.165) is 6.42 Å². The summed E-state index contributed by atoms with van der Waals surface area (Å²) in [6.07, 6.45) is 1.26. The van der Waals surface area contributed by atoms with Crippen molar-refractivity contribution in [3.63, 3.8) is 0 Å². The van der Waals surface area contributed by atoms with Gasteiger partial charge in [-0.1, -0.05) is 29.8 Å². The number of benzene rings is 1. The molecule has 106 valence electrons. The molecular weight excluding hydrogens is 236 g/mol. The van der Waals surface area contributed by atoms with Crippen LogP contribution in [0.2, 0.25) is 0 Å². The molecule has 2 atom stereocenters. The number of aliphatic hydroxyl groups is 1. The summed E-state index contributed by atoms with van der Waals surface area (Å²) < 4.78 is 6.07. The zero-order chi connectivity index (χ0) is 14.3. The van der Waals surface area contributed by atoms with Gasteiger partial charge in [0.2, 0.25) is 0 Å². The zero-order valence-electron chi connectivity index (χ0n) is 12.7. The Bertz CT molecular complexity index is 431. The summed E-state index contributed by atoms with van der Waals surface area (Å²) in [4.78, 5) is 0. The second kappa shape index (κ2) is 4.92. The van der Waals surface area contributed by atoms with Crippen LogP contribution >= 0.6 is 0 Å². The van der Waals surface area contributed by atoms with Crippen molar-refractivity contribution in [3.8, 4) is 0 Å². The Hall–Kier alpha value is -0.860. The van der Waals surface area contributed by atoms with Gasteiger partial charge in [0.1, 0.15) is 0 Å². The van der Waals surface area contributed by atoms with Crippen LogP contribution in [-0.2, 0) is 11.2 Å². The SMILES string of the molecule is Cc1ccc(CC(O)C2CC(C)(C)OC2(C)C)cc1. The molecule has 1 aromatic carbocycles. The van der Waals surface area contributed by atoms with Crippen molar-refractivity contribution < 1.29 is 9.84 Å². The van der Waals surface area contributed by atoms with Crippen LogP contribution in [0.3, 0.4) is 0 Å². The van der Waals surface area contributed by atoms with Crippen LogP contribution in [0.25, 0.3) is 0 Å². The normalized spacial score (nSPS) is 26.3. The summed E-state index contributed by atoms with van der Waals surface area (Å²) in [6.45, 7) is 10.5. The molecule has 1 aliphatic rings. The van der Waals surface area contributed by atoms with Crippen LogP contribution in [-0.4, -0.2) is 22.4 Å². The van der Waals surface area contributed by atoms with Gasteiger partial charge in [-0.05, 0) is 53.0 Å². The van der Waals surface area contributed by atoms with Crippen molar-refractivity contribution in [1.82, 2.24) is 0 Å². The Balaban J connectivity index is 2.07. The Labute approximate surface area is 116 Å². The summed E-state index contributed by atoms with van der Waals surface area (Å²) in [5, 5.41) is 10.6. The highest BCUT2D eigenvalue weighted by Gasteiger charge is 2.48. The van der Waals surface area contributed by atoms with Gasteiger partial charge in [0.05, 0.1) is 17.3 Å². The summed E-state index contributed by atoms with van der Waals surface area (Å²) in [5.74, 6) is 0.184. The number of hydrogen-bond acceptors (Lipinski definition) is 2. The van der Waals surface area contributed by atoms with Gasteiger partial charge in [-0.2, -0.15) is 0 Å². The Morgan fingerprint density at radius 2 is 1.79 bits per heavy atom. The average molecular weight is 262 g/mol. The fourth-order valence-electron chi connectivity index (χ4n) is 3.31. The molecule has 0 bridgehead atoms. The third kappa shape index (κ3) is 3.37. The van der Waals surface area contributed by atoms with E-state index in [4.69, 9.17) is 4.74 Å². The second-order valence-corrected chi connectivity index (χ2v) is 7.03. The molecule has 1 aromatic rings. The molecule has 0 spiro atoms. The van der Waals surface area contributed by atoms with Crippen LogP contribution in [0, 0.1) is 12.8 Å². The van der Waals surface area contributed by atoms with Gasteiger partial charge in [-0.15, -0.1) is 0 Å². The molecule has 0 amide bonds. The highest BCUT2D eigenvalue weighted by atomic mass is 16.5. The molecule has 1 fully saturated rings. The highest BCUT2D eigenvalue weighted by molar-refractivity contribution is 5.22. The van der Waals surface area contributed by atoms with Crippen molar-refractivity contribution >= 4 is 0 Å². The molecule has 1 N–H and O–H groups in total. The molecule has 1 saturated heterocycles. The Kier molecular flexibility index (Phi) is 3.76. The Morgan fingerprint density at radius 1 is 1.21 bits per heavy atom. The lowest BCUT2D eigenvalue weighted by Gasteiger charge is -2.30. The topological polar surface area (TPSA) is 29.5 Å². The van der Waals surface area contributed by atoms with Crippen molar-refractivity contribution in [1.29, 1.82) is 0 Å². The average Bonchev–Trinajstić information content (AvgIpc) is 2.50. The van der Waals surface area contributed by atoms with Crippen LogP contribution in [0.4, 0.5) is 0 Å². The van der Waals surface area contributed by atoms with E-state index in [1.165, 1.54) is 11.1 Å². The monoisotopic (exact) mass is 262 g/mol. The minimum atomic E-state index is -0.348.